The molecule has 4 nitrogen and oxygen atoms in total. The molecule has 1 aromatic rings. The molecule has 1 fully saturated rings. The van der Waals surface area contributed by atoms with Gasteiger partial charge in [-0.3, -0.25) is 4.68 Å². The van der Waals surface area contributed by atoms with Crippen molar-refractivity contribution in [2.75, 3.05) is 7.05 Å². The highest BCUT2D eigenvalue weighted by Gasteiger charge is 2.37. The van der Waals surface area contributed by atoms with Crippen LogP contribution in [0.3, 0.4) is 0 Å². The second kappa shape index (κ2) is 5.30. The van der Waals surface area contributed by atoms with Gasteiger partial charge in [0.1, 0.15) is 12.2 Å². The second-order valence-corrected chi connectivity index (χ2v) is 5.09. The van der Waals surface area contributed by atoms with Gasteiger partial charge in [-0.15, -0.1) is 0 Å². The molecule has 1 aliphatic rings. The Hall–Kier alpha value is -1.04. The summed E-state index contributed by atoms with van der Waals surface area (Å²) in [6.45, 7) is 0. The summed E-state index contributed by atoms with van der Waals surface area (Å²) in [4.78, 5) is 4.19. The normalized spacial score (nSPS) is 22.0. The van der Waals surface area contributed by atoms with Crippen LogP contribution in [0.15, 0.2) is 6.33 Å². The van der Waals surface area contributed by atoms with Crippen molar-refractivity contribution in [3.8, 4) is 0 Å². The molecule has 0 aliphatic heterocycles. The molecule has 2 rings (SSSR count). The first kappa shape index (κ1) is 13.4. The molecule has 1 heterocycles. The van der Waals surface area contributed by atoms with E-state index in [2.05, 4.69) is 15.4 Å². The zero-order valence-electron chi connectivity index (χ0n) is 10.9. The van der Waals surface area contributed by atoms with Crippen LogP contribution in [0, 0.1) is 5.92 Å². The van der Waals surface area contributed by atoms with Gasteiger partial charge in [0.2, 0.25) is 5.92 Å². The highest BCUT2D eigenvalue weighted by molar-refractivity contribution is 4.93. The van der Waals surface area contributed by atoms with Crippen molar-refractivity contribution < 1.29 is 8.78 Å². The Kier molecular flexibility index (Phi) is 3.94. The molecule has 102 valence electrons. The van der Waals surface area contributed by atoms with Gasteiger partial charge in [0.05, 0.1) is 0 Å². The largest absolute Gasteiger partial charge is 0.316 e. The Bertz CT molecular complexity index is 381. The Morgan fingerprint density at radius 3 is 2.67 bits per heavy atom. The smallest absolute Gasteiger partial charge is 0.248 e. The van der Waals surface area contributed by atoms with Crippen LogP contribution >= 0.6 is 0 Å². The third-order valence-corrected chi connectivity index (χ3v) is 3.91. The number of halogens is 2. The van der Waals surface area contributed by atoms with Gasteiger partial charge in [0.25, 0.3) is 0 Å². The summed E-state index contributed by atoms with van der Waals surface area (Å²) in [5, 5.41) is 7.27. The number of rotatable bonds is 4. The van der Waals surface area contributed by atoms with Crippen molar-refractivity contribution in [1.82, 2.24) is 20.1 Å². The van der Waals surface area contributed by atoms with E-state index in [4.69, 9.17) is 0 Å². The van der Waals surface area contributed by atoms with E-state index in [0.717, 1.165) is 12.2 Å². The predicted molar refractivity (Wildman–Crippen MR) is 64.5 cm³/mol. The lowest BCUT2D eigenvalue weighted by Crippen LogP contribution is -2.40. The minimum Gasteiger partial charge on any atom is -0.316 e. The minimum absolute atomic E-state index is 0.00859. The van der Waals surface area contributed by atoms with Crippen molar-refractivity contribution in [3.63, 3.8) is 0 Å². The van der Waals surface area contributed by atoms with Gasteiger partial charge in [-0.05, 0) is 25.8 Å². The molecule has 1 aliphatic carbocycles. The van der Waals surface area contributed by atoms with Crippen LogP contribution in [0.1, 0.15) is 31.5 Å². The monoisotopic (exact) mass is 258 g/mol. The average Bonchev–Trinajstić information content (AvgIpc) is 2.72. The maximum atomic E-state index is 13.1. The first-order valence-electron chi connectivity index (χ1n) is 6.40. The third kappa shape index (κ3) is 3.04. The average molecular weight is 258 g/mol. The quantitative estimate of drug-likeness (QED) is 0.895. The summed E-state index contributed by atoms with van der Waals surface area (Å²) in [5.74, 6) is -1.27. The number of hydrogen-bond donors (Lipinski definition) is 1. The van der Waals surface area contributed by atoms with E-state index in [9.17, 15) is 8.78 Å². The van der Waals surface area contributed by atoms with Crippen LogP contribution < -0.4 is 5.32 Å². The molecule has 18 heavy (non-hydrogen) atoms. The van der Waals surface area contributed by atoms with Crippen molar-refractivity contribution >= 4 is 0 Å². The number of aromatic nitrogens is 3. The topological polar surface area (TPSA) is 42.7 Å². The molecule has 0 aromatic carbocycles. The summed E-state index contributed by atoms with van der Waals surface area (Å²) in [6, 6.07) is 0.198. The lowest BCUT2D eigenvalue weighted by molar-refractivity contribution is -0.0493. The first-order valence-corrected chi connectivity index (χ1v) is 6.40. The number of nitrogens with one attached hydrogen (secondary N) is 1. The van der Waals surface area contributed by atoms with E-state index < -0.39 is 5.92 Å². The fourth-order valence-electron chi connectivity index (χ4n) is 2.67. The molecule has 0 saturated heterocycles. The molecule has 1 unspecified atom stereocenters. The zero-order chi connectivity index (χ0) is 13.2. The predicted octanol–water partition coefficient (Wildman–Crippen LogP) is 1.77. The Labute approximate surface area is 106 Å². The van der Waals surface area contributed by atoms with E-state index in [1.165, 1.54) is 6.33 Å². The molecular weight excluding hydrogens is 238 g/mol. The van der Waals surface area contributed by atoms with E-state index in [0.29, 0.717) is 18.8 Å². The Morgan fingerprint density at radius 2 is 2.17 bits per heavy atom. The van der Waals surface area contributed by atoms with Gasteiger partial charge in [-0.2, -0.15) is 5.10 Å². The summed E-state index contributed by atoms with van der Waals surface area (Å²) >= 11 is 0. The molecule has 1 atom stereocenters. The Balaban J connectivity index is 1.96. The molecular formula is C12H20F2N4. The van der Waals surface area contributed by atoms with E-state index in [-0.39, 0.29) is 18.9 Å². The van der Waals surface area contributed by atoms with Gasteiger partial charge in [0, 0.05) is 32.4 Å². The van der Waals surface area contributed by atoms with Crippen molar-refractivity contribution in [1.29, 1.82) is 0 Å². The fourth-order valence-corrected chi connectivity index (χ4v) is 2.67. The van der Waals surface area contributed by atoms with E-state index in [1.54, 1.807) is 4.68 Å². The maximum absolute atomic E-state index is 13.1. The van der Waals surface area contributed by atoms with Crippen LogP contribution in [0.2, 0.25) is 0 Å². The minimum atomic E-state index is -2.46. The van der Waals surface area contributed by atoms with Gasteiger partial charge >= 0.3 is 0 Å². The summed E-state index contributed by atoms with van der Waals surface area (Å²) in [7, 11) is 3.73. The van der Waals surface area contributed by atoms with Gasteiger partial charge in [-0.25, -0.2) is 13.8 Å². The van der Waals surface area contributed by atoms with Crippen LogP contribution in [-0.4, -0.2) is 33.8 Å². The third-order valence-electron chi connectivity index (χ3n) is 3.91. The van der Waals surface area contributed by atoms with E-state index >= 15 is 0 Å². The molecule has 1 aromatic heterocycles. The van der Waals surface area contributed by atoms with Gasteiger partial charge < -0.3 is 5.32 Å². The van der Waals surface area contributed by atoms with Gasteiger partial charge in [-0.1, -0.05) is 0 Å². The van der Waals surface area contributed by atoms with Crippen LogP contribution in [0.5, 0.6) is 0 Å². The number of alkyl halides is 2. The first-order chi connectivity index (χ1) is 8.52. The maximum Gasteiger partial charge on any atom is 0.248 e. The SMILES string of the molecule is CNC(Cc1ncnn1C)C1CCC(F)(F)CC1. The number of aryl methyl sites for hydroxylation is 1. The summed E-state index contributed by atoms with van der Waals surface area (Å²) < 4.78 is 28.0. The Morgan fingerprint density at radius 1 is 1.50 bits per heavy atom. The lowest BCUT2D eigenvalue weighted by Gasteiger charge is -2.33. The number of nitrogens with zero attached hydrogens (tertiary/aromatic N) is 3. The standard InChI is InChI=1S/C12H20F2N4/c1-15-10(7-11-16-8-17-18(11)2)9-3-5-12(13,14)6-4-9/h8-10,15H,3-7H2,1-2H3. The van der Waals surface area contributed by atoms with Crippen molar-refractivity contribution in [3.05, 3.63) is 12.2 Å². The highest BCUT2D eigenvalue weighted by atomic mass is 19.3. The molecule has 0 bridgehead atoms. The molecule has 1 saturated carbocycles. The van der Waals surface area contributed by atoms with Gasteiger partial charge in [0.15, 0.2) is 0 Å². The zero-order valence-corrected chi connectivity index (χ0v) is 10.9. The van der Waals surface area contributed by atoms with E-state index in [1.807, 2.05) is 14.1 Å². The second-order valence-electron chi connectivity index (χ2n) is 5.09. The molecule has 0 spiro atoms. The summed E-state index contributed by atoms with van der Waals surface area (Å²) in [5.41, 5.74) is 0. The number of likely N-dealkylation sites (N-methyl/N-ethyl adjacent to an activating group) is 1. The van der Waals surface area contributed by atoms with Crippen molar-refractivity contribution in [2.45, 2.75) is 44.1 Å². The molecule has 0 amide bonds. The van der Waals surface area contributed by atoms with Crippen LogP contribution in [0.25, 0.3) is 0 Å². The number of hydrogen-bond acceptors (Lipinski definition) is 3. The lowest BCUT2D eigenvalue weighted by atomic mass is 9.81. The molecule has 1 N–H and O–H groups in total. The molecule has 6 heteroatoms. The highest BCUT2D eigenvalue weighted by Crippen LogP contribution is 2.37. The fraction of sp³-hybridized carbons (Fsp3) is 0.833. The summed E-state index contributed by atoms with van der Waals surface area (Å²) in [6.07, 6.45) is 3.44. The molecule has 0 radical (unpaired) electrons. The van der Waals surface area contributed by atoms with Crippen molar-refractivity contribution in [2.24, 2.45) is 13.0 Å². The van der Waals surface area contributed by atoms with Crippen LogP contribution in [0.4, 0.5) is 8.78 Å². The van der Waals surface area contributed by atoms with Crippen LogP contribution in [-0.2, 0) is 13.5 Å².